The Bertz CT molecular complexity index is 716. The summed E-state index contributed by atoms with van der Waals surface area (Å²) < 4.78 is 29.4. The minimum absolute atomic E-state index is 0.589. The van der Waals surface area contributed by atoms with Crippen molar-refractivity contribution in [2.24, 2.45) is 0 Å². The summed E-state index contributed by atoms with van der Waals surface area (Å²) in [6.07, 6.45) is 0. The first-order valence-electron chi connectivity index (χ1n) is 8.70. The van der Waals surface area contributed by atoms with E-state index in [9.17, 15) is 18.4 Å². The highest BCUT2D eigenvalue weighted by Crippen LogP contribution is 2.29. The van der Waals surface area contributed by atoms with Crippen LogP contribution in [0.5, 0.6) is 0 Å². The number of nitrogens with zero attached hydrogens (tertiary/aromatic N) is 2. The molecule has 27 heavy (non-hydrogen) atoms. The molecule has 2 aromatic rings. The van der Waals surface area contributed by atoms with Gasteiger partial charge in [-0.1, -0.05) is 60.7 Å². The molecule has 0 saturated carbocycles. The maximum atomic E-state index is 14.7. The highest BCUT2D eigenvalue weighted by molar-refractivity contribution is 6.06. The first-order chi connectivity index (χ1) is 12.7. The lowest BCUT2D eigenvalue weighted by atomic mass is 10.1. The van der Waals surface area contributed by atoms with Crippen molar-refractivity contribution in [1.82, 2.24) is 9.80 Å². The van der Waals surface area contributed by atoms with Gasteiger partial charge in [-0.25, -0.2) is 0 Å². The molecule has 0 aromatic heterocycles. The number of halogens is 2. The van der Waals surface area contributed by atoms with E-state index in [1.165, 1.54) is 14.1 Å². The molecule has 6 heteroatoms. The van der Waals surface area contributed by atoms with Crippen LogP contribution in [-0.2, 0) is 9.59 Å². The van der Waals surface area contributed by atoms with Crippen LogP contribution in [-0.4, -0.2) is 41.6 Å². The van der Waals surface area contributed by atoms with Crippen LogP contribution in [0, 0.1) is 0 Å². The SMILES string of the molecule is C[C@H](c1ccccc1)N(C)C(=O)C(F)(F)C(=O)N(C)[C@@H](C)c1ccccc1. The number of benzene rings is 2. The fourth-order valence-electron chi connectivity index (χ4n) is 2.80. The fraction of sp³-hybridized carbons (Fsp3) is 0.333. The third kappa shape index (κ3) is 4.32. The molecule has 4 nitrogen and oxygen atoms in total. The van der Waals surface area contributed by atoms with Crippen LogP contribution in [0.3, 0.4) is 0 Å². The molecule has 2 amide bonds. The van der Waals surface area contributed by atoms with Gasteiger partial charge in [0.15, 0.2) is 0 Å². The number of alkyl halides is 2. The molecule has 0 saturated heterocycles. The van der Waals surface area contributed by atoms with Gasteiger partial charge in [0.1, 0.15) is 0 Å². The van der Waals surface area contributed by atoms with E-state index in [0.717, 1.165) is 9.80 Å². The van der Waals surface area contributed by atoms with Crippen molar-refractivity contribution >= 4 is 11.8 Å². The van der Waals surface area contributed by atoms with E-state index >= 15 is 0 Å². The third-order valence-electron chi connectivity index (χ3n) is 4.90. The van der Waals surface area contributed by atoms with Gasteiger partial charge in [-0.2, -0.15) is 8.78 Å². The van der Waals surface area contributed by atoms with Crippen molar-refractivity contribution in [3.8, 4) is 0 Å². The smallest absolute Gasteiger partial charge is 0.333 e. The van der Waals surface area contributed by atoms with Crippen LogP contribution in [0.4, 0.5) is 8.78 Å². The van der Waals surface area contributed by atoms with Gasteiger partial charge in [0.2, 0.25) is 0 Å². The van der Waals surface area contributed by atoms with E-state index < -0.39 is 29.8 Å². The van der Waals surface area contributed by atoms with Gasteiger partial charge < -0.3 is 9.80 Å². The van der Waals surface area contributed by atoms with Crippen molar-refractivity contribution in [2.75, 3.05) is 14.1 Å². The number of rotatable bonds is 6. The van der Waals surface area contributed by atoms with Crippen LogP contribution >= 0.6 is 0 Å². The van der Waals surface area contributed by atoms with Crippen molar-refractivity contribution in [3.05, 3.63) is 71.8 Å². The van der Waals surface area contributed by atoms with E-state index in [-0.39, 0.29) is 0 Å². The second kappa shape index (κ2) is 8.29. The molecular weight excluding hydrogens is 350 g/mol. The van der Waals surface area contributed by atoms with Crippen LogP contribution < -0.4 is 0 Å². The monoisotopic (exact) mass is 374 g/mol. The lowest BCUT2D eigenvalue weighted by Gasteiger charge is -2.32. The summed E-state index contributed by atoms with van der Waals surface area (Å²) in [6, 6.07) is 16.5. The lowest BCUT2D eigenvalue weighted by Crippen LogP contribution is -2.52. The van der Waals surface area contributed by atoms with Crippen molar-refractivity contribution in [3.63, 3.8) is 0 Å². The van der Waals surface area contributed by atoms with E-state index in [1.807, 2.05) is 0 Å². The summed E-state index contributed by atoms with van der Waals surface area (Å²) in [5.41, 5.74) is 1.42. The Kier molecular flexibility index (Phi) is 6.31. The Morgan fingerprint density at radius 2 is 1.04 bits per heavy atom. The zero-order valence-corrected chi connectivity index (χ0v) is 15.9. The third-order valence-corrected chi connectivity index (χ3v) is 4.90. The van der Waals surface area contributed by atoms with E-state index in [4.69, 9.17) is 0 Å². The van der Waals surface area contributed by atoms with Gasteiger partial charge in [0, 0.05) is 14.1 Å². The minimum Gasteiger partial charge on any atom is -0.333 e. The standard InChI is InChI=1S/C21H24F2N2O2/c1-15(17-11-7-5-8-12-17)24(3)19(26)21(22,23)20(27)25(4)16(2)18-13-9-6-10-14-18/h5-16H,1-4H3/t15-,16+. The predicted octanol–water partition coefficient (Wildman–Crippen LogP) is 4.06. The molecule has 0 N–H and O–H groups in total. The van der Waals surface area contributed by atoms with E-state index in [1.54, 1.807) is 74.5 Å². The topological polar surface area (TPSA) is 40.6 Å². The van der Waals surface area contributed by atoms with Crippen LogP contribution in [0.15, 0.2) is 60.7 Å². The molecule has 0 aliphatic rings. The van der Waals surface area contributed by atoms with Gasteiger partial charge >= 0.3 is 17.7 Å². The van der Waals surface area contributed by atoms with E-state index in [0.29, 0.717) is 11.1 Å². The van der Waals surface area contributed by atoms with Gasteiger partial charge in [-0.15, -0.1) is 0 Å². The Morgan fingerprint density at radius 1 is 0.741 bits per heavy atom. The zero-order chi connectivity index (χ0) is 20.2. The molecule has 0 bridgehead atoms. The maximum Gasteiger partial charge on any atom is 0.401 e. The van der Waals surface area contributed by atoms with Gasteiger partial charge in [0.25, 0.3) is 0 Å². The summed E-state index contributed by atoms with van der Waals surface area (Å²) in [4.78, 5) is 26.6. The molecule has 0 fully saturated rings. The Labute approximate surface area is 158 Å². The van der Waals surface area contributed by atoms with E-state index in [2.05, 4.69) is 0 Å². The van der Waals surface area contributed by atoms with Crippen molar-refractivity contribution < 1.29 is 18.4 Å². The molecule has 2 atom stereocenters. The number of hydrogen-bond donors (Lipinski definition) is 0. The minimum atomic E-state index is -4.14. The molecule has 2 aromatic carbocycles. The normalized spacial score (nSPS) is 13.6. The molecule has 0 heterocycles. The second-order valence-corrected chi connectivity index (χ2v) is 6.58. The van der Waals surface area contributed by atoms with Gasteiger partial charge in [-0.05, 0) is 25.0 Å². The highest BCUT2D eigenvalue weighted by atomic mass is 19.3. The molecule has 2 rings (SSSR count). The summed E-state index contributed by atoms with van der Waals surface area (Å²) >= 11 is 0. The average molecular weight is 374 g/mol. The number of amides is 2. The molecular formula is C21H24F2N2O2. The highest BCUT2D eigenvalue weighted by Gasteiger charge is 2.52. The summed E-state index contributed by atoms with van der Waals surface area (Å²) in [5.74, 6) is -7.18. The lowest BCUT2D eigenvalue weighted by molar-refractivity contribution is -0.174. The Balaban J connectivity index is 2.17. The molecule has 0 unspecified atom stereocenters. The van der Waals surface area contributed by atoms with Crippen LogP contribution in [0.25, 0.3) is 0 Å². The maximum absolute atomic E-state index is 14.7. The van der Waals surface area contributed by atoms with Gasteiger partial charge in [-0.3, -0.25) is 9.59 Å². The van der Waals surface area contributed by atoms with Crippen molar-refractivity contribution in [2.45, 2.75) is 31.9 Å². The molecule has 0 aliphatic carbocycles. The number of hydrogen-bond acceptors (Lipinski definition) is 2. The van der Waals surface area contributed by atoms with Crippen LogP contribution in [0.1, 0.15) is 37.1 Å². The number of carbonyl (C=O) groups excluding carboxylic acids is 2. The van der Waals surface area contributed by atoms with Gasteiger partial charge in [0.05, 0.1) is 12.1 Å². The average Bonchev–Trinajstić information content (AvgIpc) is 2.71. The summed E-state index contributed by atoms with van der Waals surface area (Å²) in [6.45, 7) is 3.29. The second-order valence-electron chi connectivity index (χ2n) is 6.58. The van der Waals surface area contributed by atoms with Crippen molar-refractivity contribution in [1.29, 1.82) is 0 Å². The molecule has 0 aliphatic heterocycles. The Hall–Kier alpha value is -2.76. The largest absolute Gasteiger partial charge is 0.401 e. The quantitative estimate of drug-likeness (QED) is 0.716. The van der Waals surface area contributed by atoms with Crippen LogP contribution in [0.2, 0.25) is 0 Å². The Morgan fingerprint density at radius 3 is 1.33 bits per heavy atom. The first-order valence-corrected chi connectivity index (χ1v) is 8.70. The predicted molar refractivity (Wildman–Crippen MR) is 100 cm³/mol. The number of carbonyl (C=O) groups is 2. The molecule has 0 radical (unpaired) electrons. The summed E-state index contributed by atoms with van der Waals surface area (Å²) in [7, 11) is 2.56. The summed E-state index contributed by atoms with van der Waals surface area (Å²) in [5, 5.41) is 0. The first kappa shape index (κ1) is 20.6. The molecule has 0 spiro atoms. The zero-order valence-electron chi connectivity index (χ0n) is 15.9. The molecule has 144 valence electrons. The fourth-order valence-corrected chi connectivity index (χ4v) is 2.80.